The van der Waals surface area contributed by atoms with E-state index in [-0.39, 0.29) is 12.0 Å². The Kier molecular flexibility index (Phi) is 5.41. The van der Waals surface area contributed by atoms with Crippen LogP contribution in [0.4, 0.5) is 17.6 Å². The van der Waals surface area contributed by atoms with Crippen LogP contribution in [0, 0.1) is 5.82 Å². The predicted molar refractivity (Wildman–Crippen MR) is 82.0 cm³/mol. The maximum absolute atomic E-state index is 13.2. The number of hydrogen-bond donors (Lipinski definition) is 2. The monoisotopic (exact) mass is 354 g/mol. The quantitative estimate of drug-likeness (QED) is 0.811. The molecule has 1 atom stereocenters. The molecule has 2 amide bonds. The Hall–Kier alpha value is -2.90. The van der Waals surface area contributed by atoms with E-state index in [0.29, 0.717) is 11.6 Å². The fourth-order valence-electron chi connectivity index (χ4n) is 2.20. The van der Waals surface area contributed by atoms with Crippen molar-refractivity contribution in [3.63, 3.8) is 0 Å². The van der Waals surface area contributed by atoms with E-state index < -0.39 is 35.4 Å². The number of halogens is 4. The first kappa shape index (κ1) is 18.4. The van der Waals surface area contributed by atoms with Crippen LogP contribution in [0.25, 0.3) is 0 Å². The Morgan fingerprint density at radius 2 is 1.76 bits per heavy atom. The van der Waals surface area contributed by atoms with Gasteiger partial charge in [0.05, 0.1) is 5.56 Å². The zero-order chi connectivity index (χ0) is 18.6. The van der Waals surface area contributed by atoms with Crippen LogP contribution in [0.2, 0.25) is 0 Å². The van der Waals surface area contributed by atoms with Crippen LogP contribution in [-0.4, -0.2) is 17.9 Å². The molecule has 3 N–H and O–H groups in total. The maximum atomic E-state index is 13.2. The van der Waals surface area contributed by atoms with Gasteiger partial charge in [-0.2, -0.15) is 13.2 Å². The third kappa shape index (κ3) is 5.03. The summed E-state index contributed by atoms with van der Waals surface area (Å²) in [6.07, 6.45) is -4.68. The highest BCUT2D eigenvalue weighted by Gasteiger charge is 2.31. The smallest absolute Gasteiger partial charge is 0.368 e. The first-order valence-electron chi connectivity index (χ1n) is 7.18. The number of amides is 2. The molecule has 0 radical (unpaired) electrons. The van der Waals surface area contributed by atoms with Gasteiger partial charge in [0, 0.05) is 12.0 Å². The molecule has 0 aliphatic heterocycles. The summed E-state index contributed by atoms with van der Waals surface area (Å²) in [4.78, 5) is 23.7. The molecule has 0 aromatic heterocycles. The van der Waals surface area contributed by atoms with Crippen molar-refractivity contribution in [2.75, 3.05) is 0 Å². The summed E-state index contributed by atoms with van der Waals surface area (Å²) in [6.45, 7) is 0. The van der Waals surface area contributed by atoms with E-state index in [0.717, 1.165) is 12.1 Å². The molecule has 2 rings (SSSR count). The molecule has 25 heavy (non-hydrogen) atoms. The molecule has 0 unspecified atom stereocenters. The second kappa shape index (κ2) is 7.33. The first-order chi connectivity index (χ1) is 11.7. The van der Waals surface area contributed by atoms with E-state index in [2.05, 4.69) is 5.32 Å². The van der Waals surface area contributed by atoms with E-state index in [1.54, 1.807) is 0 Å². The molecule has 4 nitrogen and oxygen atoms in total. The van der Waals surface area contributed by atoms with Gasteiger partial charge in [0.25, 0.3) is 5.91 Å². The number of nitrogens with two attached hydrogens (primary N) is 1. The highest BCUT2D eigenvalue weighted by Crippen LogP contribution is 2.29. The van der Waals surface area contributed by atoms with Crippen LogP contribution in [0.5, 0.6) is 0 Å². The van der Waals surface area contributed by atoms with Gasteiger partial charge < -0.3 is 11.1 Å². The van der Waals surface area contributed by atoms with Crippen molar-refractivity contribution < 1.29 is 27.2 Å². The van der Waals surface area contributed by atoms with E-state index >= 15 is 0 Å². The Bertz CT molecular complexity index is 790. The second-order valence-corrected chi connectivity index (χ2v) is 5.34. The van der Waals surface area contributed by atoms with Crippen molar-refractivity contribution >= 4 is 11.8 Å². The molecule has 0 spiro atoms. The zero-order valence-electron chi connectivity index (χ0n) is 12.8. The van der Waals surface area contributed by atoms with Crippen molar-refractivity contribution in [1.82, 2.24) is 5.32 Å². The fourth-order valence-corrected chi connectivity index (χ4v) is 2.20. The lowest BCUT2D eigenvalue weighted by molar-refractivity contribution is -0.137. The molecule has 0 heterocycles. The molecule has 2 aromatic carbocycles. The highest BCUT2D eigenvalue weighted by molar-refractivity contribution is 5.97. The van der Waals surface area contributed by atoms with Gasteiger partial charge in [-0.25, -0.2) is 4.39 Å². The Balaban J connectivity index is 2.17. The van der Waals surface area contributed by atoms with Gasteiger partial charge in [0.15, 0.2) is 0 Å². The summed E-state index contributed by atoms with van der Waals surface area (Å²) in [7, 11) is 0. The molecule has 2 aromatic rings. The van der Waals surface area contributed by atoms with Crippen LogP contribution in [0.15, 0.2) is 48.5 Å². The van der Waals surface area contributed by atoms with Crippen LogP contribution >= 0.6 is 0 Å². The third-order valence-corrected chi connectivity index (χ3v) is 3.43. The Morgan fingerprint density at radius 3 is 2.36 bits per heavy atom. The number of carbonyl (C=O) groups is 2. The normalized spacial score (nSPS) is 12.5. The average Bonchev–Trinajstić information content (AvgIpc) is 2.53. The summed E-state index contributed by atoms with van der Waals surface area (Å²) < 4.78 is 51.3. The summed E-state index contributed by atoms with van der Waals surface area (Å²) >= 11 is 0. The molecule has 0 aliphatic carbocycles. The molecule has 0 aliphatic rings. The molecule has 0 saturated carbocycles. The lowest BCUT2D eigenvalue weighted by Gasteiger charge is -2.16. The van der Waals surface area contributed by atoms with Gasteiger partial charge in [-0.15, -0.1) is 0 Å². The molecular weight excluding hydrogens is 340 g/mol. The van der Waals surface area contributed by atoms with E-state index in [1.165, 1.54) is 30.3 Å². The van der Waals surface area contributed by atoms with Gasteiger partial charge >= 0.3 is 6.18 Å². The lowest BCUT2D eigenvalue weighted by atomic mass is 10.0. The lowest BCUT2D eigenvalue weighted by Crippen LogP contribution is -2.45. The van der Waals surface area contributed by atoms with E-state index in [9.17, 15) is 27.2 Å². The average molecular weight is 354 g/mol. The number of benzene rings is 2. The fraction of sp³-hybridized carbons (Fsp3) is 0.176. The van der Waals surface area contributed by atoms with E-state index in [4.69, 9.17) is 5.73 Å². The molecule has 0 bridgehead atoms. The number of hydrogen-bond acceptors (Lipinski definition) is 2. The number of primary amides is 1. The highest BCUT2D eigenvalue weighted by atomic mass is 19.4. The minimum Gasteiger partial charge on any atom is -0.368 e. The van der Waals surface area contributed by atoms with Crippen LogP contribution in [-0.2, 0) is 17.4 Å². The number of carbonyl (C=O) groups excluding carboxylic acids is 2. The summed E-state index contributed by atoms with van der Waals surface area (Å²) in [5, 5.41) is 2.28. The molecule has 0 saturated heterocycles. The molecular formula is C17H14F4N2O2. The second-order valence-electron chi connectivity index (χ2n) is 5.34. The predicted octanol–water partition coefficient (Wildman–Crippen LogP) is 2.67. The van der Waals surface area contributed by atoms with Crippen molar-refractivity contribution in [1.29, 1.82) is 0 Å². The van der Waals surface area contributed by atoms with Gasteiger partial charge in [-0.05, 0) is 35.9 Å². The van der Waals surface area contributed by atoms with Gasteiger partial charge in [-0.3, -0.25) is 9.59 Å². The Morgan fingerprint density at radius 1 is 1.08 bits per heavy atom. The van der Waals surface area contributed by atoms with Gasteiger partial charge in [0.2, 0.25) is 5.91 Å². The first-order valence-corrected chi connectivity index (χ1v) is 7.18. The molecule has 8 heteroatoms. The largest absolute Gasteiger partial charge is 0.416 e. The van der Waals surface area contributed by atoms with Gasteiger partial charge in [0.1, 0.15) is 11.9 Å². The van der Waals surface area contributed by atoms with Crippen LogP contribution < -0.4 is 11.1 Å². The van der Waals surface area contributed by atoms with Crippen LogP contribution in [0.1, 0.15) is 21.5 Å². The molecule has 132 valence electrons. The van der Waals surface area contributed by atoms with Gasteiger partial charge in [-0.1, -0.05) is 18.2 Å². The topological polar surface area (TPSA) is 72.2 Å². The number of rotatable bonds is 5. The standard InChI is InChI=1S/C17H14F4N2O2/c18-13-6-1-3-10(7-13)8-14(15(22)24)23-16(25)11-4-2-5-12(9-11)17(19,20)21/h1-7,9,14H,8H2,(H2,22,24)(H,23,25)/t14-/m0/s1. The van der Waals surface area contributed by atoms with Crippen molar-refractivity contribution in [3.05, 3.63) is 71.0 Å². The van der Waals surface area contributed by atoms with E-state index in [1.807, 2.05) is 0 Å². The summed E-state index contributed by atoms with van der Waals surface area (Å²) in [5.74, 6) is -2.29. The minimum atomic E-state index is -4.60. The number of nitrogens with one attached hydrogen (secondary N) is 1. The minimum absolute atomic E-state index is 0.0855. The van der Waals surface area contributed by atoms with Crippen LogP contribution in [0.3, 0.4) is 0 Å². The van der Waals surface area contributed by atoms with Crippen molar-refractivity contribution in [2.24, 2.45) is 5.73 Å². The Labute approximate surface area is 140 Å². The summed E-state index contributed by atoms with van der Waals surface area (Å²) in [6, 6.07) is 7.94. The number of alkyl halides is 3. The summed E-state index contributed by atoms with van der Waals surface area (Å²) in [5.41, 5.74) is 4.38. The van der Waals surface area contributed by atoms with Crippen molar-refractivity contribution in [2.45, 2.75) is 18.6 Å². The van der Waals surface area contributed by atoms with Crippen molar-refractivity contribution in [3.8, 4) is 0 Å². The SMILES string of the molecule is NC(=O)[C@H](Cc1cccc(F)c1)NC(=O)c1cccc(C(F)(F)F)c1. The zero-order valence-corrected chi connectivity index (χ0v) is 12.8. The molecule has 0 fully saturated rings. The third-order valence-electron chi connectivity index (χ3n) is 3.43. The maximum Gasteiger partial charge on any atom is 0.416 e.